The minimum Gasteiger partial charge on any atom is -0.659 e. The third-order valence-electron chi connectivity index (χ3n) is 10.1. The molecule has 0 aromatic heterocycles. The number of nitrogens with zero attached hydrogens (tertiary/aromatic N) is 1. The van der Waals surface area contributed by atoms with Crippen molar-refractivity contribution in [3.8, 4) is 0 Å². The van der Waals surface area contributed by atoms with Gasteiger partial charge in [-0.1, -0.05) is 138 Å². The van der Waals surface area contributed by atoms with E-state index in [1.165, 1.54) is 63.0 Å². The summed E-state index contributed by atoms with van der Waals surface area (Å²) in [5.41, 5.74) is 4.15. The van der Waals surface area contributed by atoms with E-state index >= 15 is 0 Å². The fraction of sp³-hybridized carbons (Fsp3) is 0.775. The van der Waals surface area contributed by atoms with Crippen LogP contribution in [-0.4, -0.2) is 26.0 Å². The van der Waals surface area contributed by atoms with Crippen molar-refractivity contribution in [2.24, 2.45) is 23.7 Å². The fourth-order valence-corrected chi connectivity index (χ4v) is 14.4. The van der Waals surface area contributed by atoms with Crippen LogP contribution in [0.5, 0.6) is 0 Å². The molecular weight excluding hydrogens is 586 g/mol. The molecule has 4 heteroatoms. The largest absolute Gasteiger partial charge is 4.00 e. The topological polar surface area (TPSA) is 23.3 Å². The first-order valence-electron chi connectivity index (χ1n) is 16.9. The molecule has 0 radical (unpaired) electrons. The van der Waals surface area contributed by atoms with Crippen LogP contribution in [0.4, 0.5) is 0 Å². The van der Waals surface area contributed by atoms with Crippen LogP contribution >= 0.6 is 0 Å². The Kier molecular flexibility index (Phi) is 19.5. The number of fused-ring (bicyclic) bond motifs is 1. The number of rotatable bonds is 11. The first kappa shape index (κ1) is 46.2. The summed E-state index contributed by atoms with van der Waals surface area (Å²) < 4.78 is 5.98. The molecule has 1 aromatic carbocycles. The maximum absolute atomic E-state index is 5.98. The molecule has 0 bridgehead atoms. The molecule has 0 heterocycles. The van der Waals surface area contributed by atoms with Gasteiger partial charge in [0.25, 0.3) is 0 Å². The monoisotopic (exact) mass is 662 g/mol. The number of unbranched alkanes of at least 4 members (excludes halogenated alkanes) is 3. The van der Waals surface area contributed by atoms with Crippen molar-refractivity contribution in [1.82, 2.24) is 0 Å². The molecule has 2 nitrogen and oxygen atoms in total. The maximum Gasteiger partial charge on any atom is 4.00 e. The Morgan fingerprint density at radius 3 is 1.89 bits per heavy atom. The molecule has 1 aromatic rings. The zero-order valence-corrected chi connectivity index (χ0v) is 34.8. The molecule has 0 saturated heterocycles. The molecule has 0 N–H and O–H groups in total. The number of benzene rings is 1. The molecule has 6 unspecified atom stereocenters. The molecule has 2 aliphatic carbocycles. The SMILES string of the molecule is CC(C)C1CC2C(c3ccc(C(C)(C)C)cc3)CCCC2C1[Si](C)(CCCCCCOC(C)(C)C)[N-]C(C)(C)C.[CH3-].[CH3-].[CH3-].[Ti+4]. The third-order valence-corrected chi connectivity index (χ3v) is 14.9. The van der Waals surface area contributed by atoms with E-state index in [-0.39, 0.29) is 60.6 Å². The minimum atomic E-state index is -1.85. The summed E-state index contributed by atoms with van der Waals surface area (Å²) in [6.45, 7) is 29.2. The molecule has 2 fully saturated rings. The van der Waals surface area contributed by atoms with Gasteiger partial charge in [0, 0.05) is 6.61 Å². The summed E-state index contributed by atoms with van der Waals surface area (Å²) >= 11 is 0. The normalized spacial score (nSPS) is 25.1. The van der Waals surface area contributed by atoms with Crippen molar-refractivity contribution in [2.45, 2.75) is 168 Å². The quantitative estimate of drug-likeness (QED) is 0.131. The van der Waals surface area contributed by atoms with Crippen molar-refractivity contribution in [3.05, 3.63) is 62.7 Å². The van der Waals surface area contributed by atoms with E-state index in [9.17, 15) is 0 Å². The zero-order valence-electron chi connectivity index (χ0n) is 32.2. The molecule has 44 heavy (non-hydrogen) atoms. The molecule has 2 saturated carbocycles. The van der Waals surface area contributed by atoms with E-state index < -0.39 is 8.24 Å². The van der Waals surface area contributed by atoms with Crippen LogP contribution in [0.3, 0.4) is 0 Å². The van der Waals surface area contributed by atoms with Gasteiger partial charge >= 0.3 is 21.7 Å². The van der Waals surface area contributed by atoms with E-state index in [1.807, 2.05) is 0 Å². The van der Waals surface area contributed by atoms with Gasteiger partial charge in [-0.2, -0.15) is 0 Å². The van der Waals surface area contributed by atoms with Crippen LogP contribution in [0.2, 0.25) is 18.1 Å². The smallest absolute Gasteiger partial charge is 0.659 e. The molecule has 0 amide bonds. The Hall–Kier alpha value is 0.0712. The Morgan fingerprint density at radius 1 is 0.818 bits per heavy atom. The van der Waals surface area contributed by atoms with Crippen molar-refractivity contribution in [3.63, 3.8) is 0 Å². The van der Waals surface area contributed by atoms with Crippen molar-refractivity contribution >= 4 is 8.24 Å². The van der Waals surface area contributed by atoms with Crippen LogP contribution in [0.25, 0.3) is 4.98 Å². The molecule has 6 atom stereocenters. The predicted molar refractivity (Wildman–Crippen MR) is 198 cm³/mol. The van der Waals surface area contributed by atoms with Gasteiger partial charge in [-0.25, -0.2) is 0 Å². The molecular formula is C40H75NOSiTi. The second kappa shape index (κ2) is 18.6. The van der Waals surface area contributed by atoms with Gasteiger partial charge in [-0.15, -0.1) is 5.54 Å². The van der Waals surface area contributed by atoms with Crippen molar-refractivity contribution in [1.29, 1.82) is 0 Å². The molecule has 2 aliphatic rings. The summed E-state index contributed by atoms with van der Waals surface area (Å²) in [6, 6.07) is 11.2. The van der Waals surface area contributed by atoms with Crippen molar-refractivity contribution < 1.29 is 26.5 Å². The average molecular weight is 662 g/mol. The van der Waals surface area contributed by atoms with Crippen LogP contribution in [0.1, 0.15) is 145 Å². The first-order chi connectivity index (χ1) is 18.4. The van der Waals surface area contributed by atoms with Crippen LogP contribution in [0.15, 0.2) is 24.3 Å². The molecule has 0 spiro atoms. The maximum atomic E-state index is 5.98. The number of ether oxygens (including phenoxy) is 1. The minimum absolute atomic E-state index is 0. The Labute approximate surface area is 294 Å². The summed E-state index contributed by atoms with van der Waals surface area (Å²) in [5, 5.41) is 0. The van der Waals surface area contributed by atoms with Gasteiger partial charge in [-0.05, 0) is 86.2 Å². The summed E-state index contributed by atoms with van der Waals surface area (Å²) in [4.78, 5) is 5.86. The predicted octanol–water partition coefficient (Wildman–Crippen LogP) is 13.0. The van der Waals surface area contributed by atoms with E-state index in [1.54, 1.807) is 5.56 Å². The van der Waals surface area contributed by atoms with E-state index in [0.717, 1.165) is 41.7 Å². The number of hydrogen-bond acceptors (Lipinski definition) is 1. The van der Waals surface area contributed by atoms with Gasteiger partial charge in [0.05, 0.1) is 5.60 Å². The Morgan fingerprint density at radius 2 is 1.39 bits per heavy atom. The first-order valence-corrected chi connectivity index (χ1v) is 19.6. The van der Waals surface area contributed by atoms with Crippen LogP contribution in [0, 0.1) is 46.0 Å². The van der Waals surface area contributed by atoms with E-state index in [4.69, 9.17) is 9.72 Å². The van der Waals surface area contributed by atoms with Gasteiger partial charge in [0.2, 0.25) is 0 Å². The second-order valence-electron chi connectivity index (χ2n) is 17.2. The van der Waals surface area contributed by atoms with Crippen LogP contribution < -0.4 is 0 Å². The summed E-state index contributed by atoms with van der Waals surface area (Å²) in [5.74, 6) is 4.00. The van der Waals surface area contributed by atoms with Gasteiger partial charge < -0.3 is 32.0 Å². The van der Waals surface area contributed by atoms with Gasteiger partial charge in [0.1, 0.15) is 0 Å². The van der Waals surface area contributed by atoms with Crippen molar-refractivity contribution in [2.75, 3.05) is 6.61 Å². The van der Waals surface area contributed by atoms with E-state index in [0.29, 0.717) is 0 Å². The standard InChI is InChI=1S/C37H66NOSi.3CH3.Ti/c1-27(2)32-26-33-30(28-20-22-29(23-21-28)35(3,4)5)18-17-19-31(33)34(32)40(12,38-36(6,7)8)25-16-14-13-15-24-39-37(9,10)11;;;;/h20-23,27,30-34H,13-19,24-26H2,1-12H3;3*1H3;/q4*-1;+4. The molecule has 254 valence electrons. The number of hydrogen-bond donors (Lipinski definition) is 0. The third kappa shape index (κ3) is 12.9. The fourth-order valence-electron chi connectivity index (χ4n) is 8.50. The zero-order chi connectivity index (χ0) is 29.9. The summed E-state index contributed by atoms with van der Waals surface area (Å²) in [6.07, 6.45) is 10.8. The Balaban J connectivity index is 0. The molecule has 3 rings (SSSR count). The second-order valence-corrected chi connectivity index (χ2v) is 21.3. The summed E-state index contributed by atoms with van der Waals surface area (Å²) in [7, 11) is -1.85. The van der Waals surface area contributed by atoms with Gasteiger partial charge in [0.15, 0.2) is 0 Å². The molecule has 0 aliphatic heterocycles. The average Bonchev–Trinajstić information content (AvgIpc) is 3.22. The van der Waals surface area contributed by atoms with Crippen LogP contribution in [-0.2, 0) is 31.9 Å². The Bertz CT molecular complexity index is 909. The van der Waals surface area contributed by atoms with Gasteiger partial charge in [-0.3, -0.25) is 0 Å². The van der Waals surface area contributed by atoms with E-state index in [2.05, 4.69) is 107 Å².